The molecule has 32 heavy (non-hydrogen) atoms. The number of nitro benzene ring substituents is 1. The summed E-state index contributed by atoms with van der Waals surface area (Å²) in [5.74, 6) is -1.70. The van der Waals surface area contributed by atoms with Crippen LogP contribution in [-0.2, 0) is 9.59 Å². The van der Waals surface area contributed by atoms with Gasteiger partial charge < -0.3 is 9.84 Å². The van der Waals surface area contributed by atoms with E-state index in [4.69, 9.17) is 4.74 Å². The number of nitrogens with zero attached hydrogens (tertiary/aromatic N) is 3. The first-order valence-electron chi connectivity index (χ1n) is 9.60. The molecule has 10 heteroatoms. The summed E-state index contributed by atoms with van der Waals surface area (Å²) in [6, 6.07) is 11.0. The molecule has 1 aliphatic rings. The number of benzene rings is 2. The molecule has 1 unspecified atom stereocenters. The quantitative estimate of drug-likeness (QED) is 0.197. The van der Waals surface area contributed by atoms with Crippen LogP contribution in [0.2, 0.25) is 0 Å². The third-order valence-electron chi connectivity index (χ3n) is 4.89. The number of ketones is 1. The second-order valence-electron chi connectivity index (χ2n) is 6.80. The fourth-order valence-corrected chi connectivity index (χ4v) is 4.21. The molecule has 1 fully saturated rings. The van der Waals surface area contributed by atoms with Crippen LogP contribution in [0.4, 0.5) is 10.8 Å². The number of ether oxygens (including phenoxy) is 1. The number of amides is 1. The minimum Gasteiger partial charge on any atom is -0.507 e. The van der Waals surface area contributed by atoms with Crippen LogP contribution < -0.4 is 9.64 Å². The molecule has 0 saturated carbocycles. The van der Waals surface area contributed by atoms with Gasteiger partial charge >= 0.3 is 5.91 Å². The van der Waals surface area contributed by atoms with Crippen molar-refractivity contribution in [3.05, 3.63) is 86.9 Å². The number of carbonyl (C=O) groups excluding carboxylic acids is 2. The Bertz CT molecular complexity index is 1240. The molecule has 1 aliphatic heterocycles. The molecule has 1 aromatic heterocycles. The van der Waals surface area contributed by atoms with Crippen LogP contribution in [0.1, 0.15) is 24.1 Å². The van der Waals surface area contributed by atoms with Crippen LogP contribution in [0.5, 0.6) is 5.75 Å². The number of hydrogen-bond donors (Lipinski definition) is 1. The molecule has 1 amide bonds. The monoisotopic (exact) mass is 451 g/mol. The summed E-state index contributed by atoms with van der Waals surface area (Å²) >= 11 is 1.14. The average molecular weight is 451 g/mol. The largest absolute Gasteiger partial charge is 0.507 e. The van der Waals surface area contributed by atoms with Gasteiger partial charge in [0.1, 0.15) is 11.5 Å². The first-order valence-corrected chi connectivity index (χ1v) is 10.5. The smallest absolute Gasteiger partial charge is 0.301 e. The van der Waals surface area contributed by atoms with Crippen LogP contribution in [0, 0.1) is 10.1 Å². The first-order chi connectivity index (χ1) is 15.4. The van der Waals surface area contributed by atoms with Gasteiger partial charge in [-0.3, -0.25) is 24.6 Å². The van der Waals surface area contributed by atoms with Gasteiger partial charge in [-0.05, 0) is 24.6 Å². The van der Waals surface area contributed by atoms with E-state index in [1.54, 1.807) is 35.7 Å². The number of carbonyl (C=O) groups is 2. The highest BCUT2D eigenvalue weighted by Gasteiger charge is 2.48. The summed E-state index contributed by atoms with van der Waals surface area (Å²) in [7, 11) is 0. The zero-order valence-corrected chi connectivity index (χ0v) is 17.6. The minimum absolute atomic E-state index is 0.181. The lowest BCUT2D eigenvalue weighted by molar-refractivity contribution is -0.384. The lowest BCUT2D eigenvalue weighted by atomic mass is 9.95. The van der Waals surface area contributed by atoms with Crippen molar-refractivity contribution in [1.82, 2.24) is 4.98 Å². The van der Waals surface area contributed by atoms with Crippen molar-refractivity contribution in [3.63, 3.8) is 0 Å². The standard InChI is InChI=1S/C22H17N3O6S/c1-2-31-16-8-4-6-14(12-16)19(26)17-18(13-5-3-7-15(11-13)25(29)30)24(21(28)20(17)27)22-23-9-10-32-22/h3-12,18,26H,2H2,1H3. The van der Waals surface area contributed by atoms with Gasteiger partial charge in [-0.15, -0.1) is 11.3 Å². The molecule has 0 radical (unpaired) electrons. The fraction of sp³-hybridized carbons (Fsp3) is 0.136. The van der Waals surface area contributed by atoms with E-state index in [1.807, 2.05) is 6.92 Å². The van der Waals surface area contributed by atoms with E-state index in [0.717, 1.165) is 16.2 Å². The van der Waals surface area contributed by atoms with Crippen LogP contribution in [0.3, 0.4) is 0 Å². The normalized spacial score (nSPS) is 17.5. The van der Waals surface area contributed by atoms with Crippen molar-refractivity contribution >= 4 is 39.6 Å². The maximum absolute atomic E-state index is 13.0. The summed E-state index contributed by atoms with van der Waals surface area (Å²) in [6.07, 6.45) is 1.48. The molecule has 1 atom stereocenters. The molecule has 1 saturated heterocycles. The van der Waals surface area contributed by atoms with Gasteiger partial charge in [0, 0.05) is 29.3 Å². The molecule has 2 aromatic carbocycles. The average Bonchev–Trinajstić information content (AvgIpc) is 3.41. The number of thiazole rings is 1. The number of hydrogen-bond acceptors (Lipinski definition) is 8. The molecule has 0 spiro atoms. The second-order valence-corrected chi connectivity index (χ2v) is 7.67. The van der Waals surface area contributed by atoms with Crippen molar-refractivity contribution < 1.29 is 24.4 Å². The van der Waals surface area contributed by atoms with Crippen molar-refractivity contribution in [1.29, 1.82) is 0 Å². The fourth-order valence-electron chi connectivity index (χ4n) is 3.54. The van der Waals surface area contributed by atoms with Gasteiger partial charge in [0.25, 0.3) is 11.5 Å². The van der Waals surface area contributed by atoms with Crippen LogP contribution in [0.25, 0.3) is 5.76 Å². The minimum atomic E-state index is -1.09. The number of non-ortho nitro benzene ring substituents is 1. The van der Waals surface area contributed by atoms with Crippen molar-refractivity contribution in [3.8, 4) is 5.75 Å². The van der Waals surface area contributed by atoms with E-state index < -0.39 is 28.4 Å². The highest BCUT2D eigenvalue weighted by Crippen LogP contribution is 2.43. The number of anilines is 1. The Balaban J connectivity index is 1.93. The topological polar surface area (TPSA) is 123 Å². The van der Waals surface area contributed by atoms with E-state index in [-0.39, 0.29) is 22.0 Å². The maximum atomic E-state index is 13.0. The molecular formula is C22H17N3O6S. The van der Waals surface area contributed by atoms with Crippen molar-refractivity contribution in [2.75, 3.05) is 11.5 Å². The van der Waals surface area contributed by atoms with E-state index in [9.17, 15) is 24.8 Å². The Kier molecular flexibility index (Phi) is 5.69. The lowest BCUT2D eigenvalue weighted by Crippen LogP contribution is -2.29. The third-order valence-corrected chi connectivity index (χ3v) is 5.66. The Labute approximate surface area is 186 Å². The summed E-state index contributed by atoms with van der Waals surface area (Å²) in [4.78, 5) is 42.0. The number of Topliss-reactive ketones (excluding diaryl/α,β-unsaturated/α-hetero) is 1. The molecule has 4 rings (SSSR count). The van der Waals surface area contributed by atoms with E-state index in [2.05, 4.69) is 4.98 Å². The zero-order valence-electron chi connectivity index (χ0n) is 16.8. The molecule has 2 heterocycles. The van der Waals surface area contributed by atoms with E-state index >= 15 is 0 Å². The number of rotatable bonds is 6. The Morgan fingerprint density at radius 3 is 2.72 bits per heavy atom. The second kappa shape index (κ2) is 8.60. The first kappa shape index (κ1) is 21.2. The van der Waals surface area contributed by atoms with Gasteiger partial charge in [0.15, 0.2) is 5.13 Å². The summed E-state index contributed by atoms with van der Waals surface area (Å²) in [6.45, 7) is 2.22. The van der Waals surface area contributed by atoms with Crippen molar-refractivity contribution in [2.45, 2.75) is 13.0 Å². The molecule has 0 bridgehead atoms. The van der Waals surface area contributed by atoms with Gasteiger partial charge in [-0.1, -0.05) is 24.3 Å². The molecule has 1 N–H and O–H groups in total. The molecule has 9 nitrogen and oxygen atoms in total. The van der Waals surface area contributed by atoms with Gasteiger partial charge in [0.2, 0.25) is 0 Å². The third kappa shape index (κ3) is 3.71. The number of nitro groups is 1. The lowest BCUT2D eigenvalue weighted by Gasteiger charge is -2.22. The van der Waals surface area contributed by atoms with Crippen LogP contribution in [0.15, 0.2) is 65.7 Å². The highest BCUT2D eigenvalue weighted by molar-refractivity contribution is 7.14. The van der Waals surface area contributed by atoms with E-state index in [1.165, 1.54) is 24.4 Å². The summed E-state index contributed by atoms with van der Waals surface area (Å²) in [5.41, 5.74) is 0.199. The number of aliphatic hydroxyl groups excluding tert-OH is 1. The number of aliphatic hydroxyl groups is 1. The SMILES string of the molecule is CCOc1cccc(C(O)=C2C(=O)C(=O)N(c3nccs3)C2c2cccc([N+](=O)[O-])c2)c1. The van der Waals surface area contributed by atoms with Crippen LogP contribution in [-0.4, -0.2) is 33.3 Å². The molecule has 0 aliphatic carbocycles. The Morgan fingerprint density at radius 1 is 1.25 bits per heavy atom. The summed E-state index contributed by atoms with van der Waals surface area (Å²) in [5, 5.41) is 24.3. The summed E-state index contributed by atoms with van der Waals surface area (Å²) < 4.78 is 5.46. The van der Waals surface area contributed by atoms with Gasteiger partial charge in [-0.2, -0.15) is 0 Å². The molecule has 162 valence electrons. The predicted molar refractivity (Wildman–Crippen MR) is 118 cm³/mol. The van der Waals surface area contributed by atoms with Crippen molar-refractivity contribution in [2.24, 2.45) is 0 Å². The molecular weight excluding hydrogens is 434 g/mol. The number of aromatic nitrogens is 1. The van der Waals surface area contributed by atoms with Crippen LogP contribution >= 0.6 is 11.3 Å². The zero-order chi connectivity index (χ0) is 22.8. The van der Waals surface area contributed by atoms with Gasteiger partial charge in [0.05, 0.1) is 23.1 Å². The Morgan fingerprint density at radius 2 is 2.03 bits per heavy atom. The van der Waals surface area contributed by atoms with E-state index in [0.29, 0.717) is 17.9 Å². The maximum Gasteiger partial charge on any atom is 0.301 e. The molecule has 3 aromatic rings. The van der Waals surface area contributed by atoms with Gasteiger partial charge in [-0.25, -0.2) is 4.98 Å². The highest BCUT2D eigenvalue weighted by atomic mass is 32.1. The Hall–Kier alpha value is -4.05. The predicted octanol–water partition coefficient (Wildman–Crippen LogP) is 4.08.